The van der Waals surface area contributed by atoms with Crippen LogP contribution in [0.4, 0.5) is 5.13 Å². The van der Waals surface area contributed by atoms with Crippen LogP contribution in [-0.4, -0.2) is 21.1 Å². The van der Waals surface area contributed by atoms with Crippen LogP contribution in [0.2, 0.25) is 0 Å². The van der Waals surface area contributed by atoms with Gasteiger partial charge >= 0.3 is 0 Å². The molecule has 0 aliphatic rings. The summed E-state index contributed by atoms with van der Waals surface area (Å²) in [6.07, 6.45) is 1.26. The van der Waals surface area contributed by atoms with Gasteiger partial charge in [-0.15, -0.1) is 10.2 Å². The van der Waals surface area contributed by atoms with E-state index >= 15 is 0 Å². The molecular formula is C21H18N4O3S. The molecule has 29 heavy (non-hydrogen) atoms. The van der Waals surface area contributed by atoms with Crippen molar-refractivity contribution in [1.82, 2.24) is 15.2 Å². The number of hydrogen-bond acceptors (Lipinski definition) is 7. The number of nitrogens with zero attached hydrogens (tertiary/aromatic N) is 3. The Bertz CT molecular complexity index is 1130. The van der Waals surface area contributed by atoms with Crippen molar-refractivity contribution in [1.29, 1.82) is 0 Å². The molecule has 2 aromatic carbocycles. The van der Waals surface area contributed by atoms with E-state index in [0.717, 1.165) is 22.4 Å². The van der Waals surface area contributed by atoms with E-state index in [1.165, 1.54) is 17.7 Å². The first-order chi connectivity index (χ1) is 14.1. The van der Waals surface area contributed by atoms with Crippen LogP contribution >= 0.6 is 11.3 Å². The maximum atomic E-state index is 12.6. The zero-order chi connectivity index (χ0) is 20.2. The van der Waals surface area contributed by atoms with Crippen LogP contribution in [0.1, 0.15) is 26.6 Å². The Kier molecular flexibility index (Phi) is 5.35. The molecule has 1 amide bonds. The summed E-state index contributed by atoms with van der Waals surface area (Å²) in [5.41, 5.74) is 3.21. The maximum Gasteiger partial charge on any atom is 0.280 e. The minimum atomic E-state index is -0.405. The summed E-state index contributed by atoms with van der Waals surface area (Å²) in [6.45, 7) is 4.26. The minimum absolute atomic E-state index is 0.197. The average Bonchev–Trinajstić information content (AvgIpc) is 3.37. The minimum Gasteiger partial charge on any atom is -0.486 e. The number of carbonyl (C=O) groups excluding carboxylic acids is 1. The second-order valence-corrected chi connectivity index (χ2v) is 7.52. The third-order valence-corrected chi connectivity index (χ3v) is 4.95. The highest BCUT2D eigenvalue weighted by Gasteiger charge is 2.20. The van der Waals surface area contributed by atoms with Gasteiger partial charge in [0.1, 0.15) is 12.4 Å². The van der Waals surface area contributed by atoms with E-state index in [2.05, 4.69) is 20.5 Å². The second kappa shape index (κ2) is 8.24. The van der Waals surface area contributed by atoms with Gasteiger partial charge in [0.25, 0.3) is 5.91 Å². The Morgan fingerprint density at radius 1 is 1.10 bits per heavy atom. The van der Waals surface area contributed by atoms with E-state index in [-0.39, 0.29) is 12.3 Å². The van der Waals surface area contributed by atoms with Crippen LogP contribution in [0.5, 0.6) is 5.75 Å². The molecule has 0 saturated carbocycles. The molecule has 4 rings (SSSR count). The largest absolute Gasteiger partial charge is 0.486 e. The molecule has 146 valence electrons. The predicted octanol–water partition coefficient (Wildman–Crippen LogP) is 4.64. The molecule has 4 aromatic rings. The summed E-state index contributed by atoms with van der Waals surface area (Å²) in [5, 5.41) is 11.8. The number of rotatable bonds is 6. The fraction of sp³-hybridized carbons (Fsp3) is 0.143. The summed E-state index contributed by atoms with van der Waals surface area (Å²) in [5.74, 6) is 0.762. The molecule has 0 radical (unpaired) electrons. The Hall–Kier alpha value is -3.52. The predicted molar refractivity (Wildman–Crippen MR) is 110 cm³/mol. The van der Waals surface area contributed by atoms with Gasteiger partial charge in [0.05, 0.1) is 0 Å². The maximum absolute atomic E-state index is 12.6. The molecule has 0 bridgehead atoms. The van der Waals surface area contributed by atoms with Gasteiger partial charge in [0.15, 0.2) is 22.9 Å². The number of amides is 1. The number of oxazole rings is 1. The summed E-state index contributed by atoms with van der Waals surface area (Å²) in [7, 11) is 0. The number of benzene rings is 2. The lowest BCUT2D eigenvalue weighted by Gasteiger charge is -2.03. The van der Waals surface area contributed by atoms with Crippen LogP contribution in [0.3, 0.4) is 0 Å². The van der Waals surface area contributed by atoms with Crippen molar-refractivity contribution >= 4 is 22.4 Å². The fourth-order valence-corrected chi connectivity index (χ4v) is 3.35. The third-order valence-electron chi connectivity index (χ3n) is 4.13. The lowest BCUT2D eigenvalue weighted by Crippen LogP contribution is -2.13. The molecular weight excluding hydrogens is 388 g/mol. The van der Waals surface area contributed by atoms with Crippen molar-refractivity contribution in [2.45, 2.75) is 20.5 Å². The summed E-state index contributed by atoms with van der Waals surface area (Å²) >= 11 is 1.25. The Balaban J connectivity index is 1.42. The molecule has 0 unspecified atom stereocenters. The van der Waals surface area contributed by atoms with E-state index in [9.17, 15) is 4.79 Å². The van der Waals surface area contributed by atoms with Crippen LogP contribution in [0, 0.1) is 13.8 Å². The molecule has 0 aliphatic carbocycles. The van der Waals surface area contributed by atoms with Gasteiger partial charge in [-0.3, -0.25) is 10.1 Å². The van der Waals surface area contributed by atoms with Crippen molar-refractivity contribution in [3.05, 3.63) is 76.8 Å². The lowest BCUT2D eigenvalue weighted by atomic mass is 10.1. The van der Waals surface area contributed by atoms with Gasteiger partial charge in [-0.1, -0.05) is 52.8 Å². The third kappa shape index (κ3) is 4.49. The van der Waals surface area contributed by atoms with Crippen LogP contribution < -0.4 is 10.1 Å². The van der Waals surface area contributed by atoms with Crippen molar-refractivity contribution in [3.63, 3.8) is 0 Å². The highest BCUT2D eigenvalue weighted by molar-refractivity contribution is 7.15. The number of carbonyl (C=O) groups is 1. The van der Waals surface area contributed by atoms with Gasteiger partial charge in [0.2, 0.25) is 5.13 Å². The fourth-order valence-electron chi connectivity index (χ4n) is 2.70. The number of aromatic nitrogens is 3. The number of ether oxygens (including phenoxy) is 1. The molecule has 0 fully saturated rings. The smallest absolute Gasteiger partial charge is 0.280 e. The van der Waals surface area contributed by atoms with Crippen LogP contribution in [0.15, 0.2) is 59.3 Å². The molecule has 0 saturated heterocycles. The molecule has 0 spiro atoms. The van der Waals surface area contributed by atoms with Crippen LogP contribution in [-0.2, 0) is 6.61 Å². The van der Waals surface area contributed by atoms with Gasteiger partial charge in [0, 0.05) is 5.56 Å². The summed E-state index contributed by atoms with van der Waals surface area (Å²) in [4.78, 5) is 16.7. The first kappa shape index (κ1) is 18.8. The first-order valence-corrected chi connectivity index (χ1v) is 9.74. The molecule has 2 aromatic heterocycles. The number of anilines is 1. The van der Waals surface area contributed by atoms with Crippen molar-refractivity contribution < 1.29 is 13.9 Å². The first-order valence-electron chi connectivity index (χ1n) is 8.92. The Morgan fingerprint density at radius 2 is 1.93 bits per heavy atom. The molecule has 1 N–H and O–H groups in total. The Labute approximate surface area is 171 Å². The number of nitrogens with one attached hydrogen (secondary N) is 1. The molecule has 0 atom stereocenters. The normalized spacial score (nSPS) is 10.7. The number of hydrogen-bond donors (Lipinski definition) is 1. The summed E-state index contributed by atoms with van der Waals surface area (Å²) < 4.78 is 11.1. The molecule has 0 aliphatic heterocycles. The zero-order valence-corrected chi connectivity index (χ0v) is 16.7. The molecule has 2 heterocycles. The van der Waals surface area contributed by atoms with E-state index in [1.807, 2.05) is 62.4 Å². The average molecular weight is 406 g/mol. The van der Waals surface area contributed by atoms with E-state index in [4.69, 9.17) is 9.15 Å². The van der Waals surface area contributed by atoms with Gasteiger partial charge in [-0.05, 0) is 32.0 Å². The quantitative estimate of drug-likeness (QED) is 0.502. The zero-order valence-electron chi connectivity index (χ0n) is 15.9. The highest BCUT2D eigenvalue weighted by atomic mass is 32.1. The Morgan fingerprint density at radius 3 is 2.72 bits per heavy atom. The van der Waals surface area contributed by atoms with E-state index in [1.54, 1.807) is 0 Å². The molecule has 8 heteroatoms. The summed E-state index contributed by atoms with van der Waals surface area (Å²) in [6, 6.07) is 15.4. The lowest BCUT2D eigenvalue weighted by molar-refractivity contribution is 0.102. The highest BCUT2D eigenvalue weighted by Crippen LogP contribution is 2.25. The van der Waals surface area contributed by atoms with Crippen molar-refractivity contribution in [3.8, 4) is 17.1 Å². The van der Waals surface area contributed by atoms with Gasteiger partial charge in [-0.2, -0.15) is 0 Å². The van der Waals surface area contributed by atoms with Gasteiger partial charge in [-0.25, -0.2) is 4.98 Å². The standard InChI is InChI=1S/C21H18N4O3S/c1-13-6-8-16(9-7-13)27-11-17-24-25-21(29-17)23-20(26)18-19(28-12-22-18)15-5-3-4-14(2)10-15/h3-10,12H,11H2,1-2H3,(H,23,25,26). The molecule has 7 nitrogen and oxygen atoms in total. The number of aryl methyl sites for hydroxylation is 2. The SMILES string of the molecule is Cc1ccc(OCc2nnc(NC(=O)c3ncoc3-c3cccc(C)c3)s2)cc1. The monoisotopic (exact) mass is 406 g/mol. The topological polar surface area (TPSA) is 90.1 Å². The van der Waals surface area contributed by atoms with Gasteiger partial charge < -0.3 is 9.15 Å². The van der Waals surface area contributed by atoms with Crippen molar-refractivity contribution in [2.75, 3.05) is 5.32 Å². The van der Waals surface area contributed by atoms with E-state index < -0.39 is 5.91 Å². The van der Waals surface area contributed by atoms with E-state index in [0.29, 0.717) is 15.9 Å². The van der Waals surface area contributed by atoms with Crippen LogP contribution in [0.25, 0.3) is 11.3 Å². The van der Waals surface area contributed by atoms with Crippen molar-refractivity contribution in [2.24, 2.45) is 0 Å². The second-order valence-electron chi connectivity index (χ2n) is 6.46.